The van der Waals surface area contributed by atoms with Crippen LogP contribution in [0.25, 0.3) is 87.7 Å². The molecule has 10 aromatic rings. The maximum absolute atomic E-state index is 4.32. The van der Waals surface area contributed by atoms with Crippen LogP contribution < -0.4 is 0 Å². The maximum atomic E-state index is 4.32. The molecule has 0 aliphatic heterocycles. The van der Waals surface area contributed by atoms with E-state index in [1.807, 2.05) is 0 Å². The molecule has 10 rings (SSSR count). The lowest BCUT2D eigenvalue weighted by Gasteiger charge is -2.20. The van der Waals surface area contributed by atoms with Gasteiger partial charge >= 0.3 is 0 Å². The molecule has 0 amide bonds. The third kappa shape index (κ3) is 5.35. The van der Waals surface area contributed by atoms with Crippen LogP contribution in [-0.2, 0) is 10.8 Å². The average Bonchev–Trinajstić information content (AvgIpc) is 3.68. The van der Waals surface area contributed by atoms with Gasteiger partial charge in [0.05, 0.1) is 37.9 Å². The molecule has 0 saturated heterocycles. The summed E-state index contributed by atoms with van der Waals surface area (Å²) in [6.07, 6.45) is 0. The molecule has 0 N–H and O–H groups in total. The Labute approximate surface area is 330 Å². The molecule has 55 heavy (non-hydrogen) atoms. The topological polar surface area (TPSA) is 9.86 Å². The van der Waals surface area contributed by atoms with Gasteiger partial charge in [0.1, 0.15) is 0 Å². The SMILES string of the molecule is CC(C)(C)c1ccc2c(c1)c1cc(C(C)(C)C)ccc1n2-c1cc(-c2ccccc2)cc(-n2c3cc4ccccc4cc3c3c4ccccc4ccc32)c1Br. The number of rotatable bonds is 3. The van der Waals surface area contributed by atoms with Gasteiger partial charge in [0.2, 0.25) is 0 Å². The molecule has 8 aromatic carbocycles. The summed E-state index contributed by atoms with van der Waals surface area (Å²) in [4.78, 5) is 0. The summed E-state index contributed by atoms with van der Waals surface area (Å²) in [5.41, 5.74) is 12.1. The molecule has 0 bridgehead atoms. The van der Waals surface area contributed by atoms with E-state index >= 15 is 0 Å². The van der Waals surface area contributed by atoms with Gasteiger partial charge in [-0.3, -0.25) is 0 Å². The lowest BCUT2D eigenvalue weighted by atomic mass is 9.85. The van der Waals surface area contributed by atoms with Crippen molar-refractivity contribution in [2.75, 3.05) is 0 Å². The molecule has 0 atom stereocenters. The van der Waals surface area contributed by atoms with Crippen molar-refractivity contribution in [3.05, 3.63) is 167 Å². The number of aromatic nitrogens is 2. The summed E-state index contributed by atoms with van der Waals surface area (Å²) in [6.45, 7) is 13.8. The van der Waals surface area contributed by atoms with E-state index < -0.39 is 0 Å². The first kappa shape index (κ1) is 33.9. The summed E-state index contributed by atoms with van der Waals surface area (Å²) < 4.78 is 6.03. The van der Waals surface area contributed by atoms with Crippen LogP contribution in [0, 0.1) is 0 Å². The molecule has 2 nitrogen and oxygen atoms in total. The van der Waals surface area contributed by atoms with Crippen molar-refractivity contribution < 1.29 is 0 Å². The Bertz CT molecular complexity index is 3090. The van der Waals surface area contributed by atoms with Crippen LogP contribution >= 0.6 is 15.9 Å². The molecule has 0 fully saturated rings. The maximum Gasteiger partial charge on any atom is 0.0657 e. The number of benzene rings is 8. The van der Waals surface area contributed by atoms with E-state index in [2.05, 4.69) is 218 Å². The second-order valence-corrected chi connectivity index (χ2v) is 18.0. The lowest BCUT2D eigenvalue weighted by molar-refractivity contribution is 0.590. The van der Waals surface area contributed by atoms with Crippen LogP contribution in [0.1, 0.15) is 52.7 Å². The van der Waals surface area contributed by atoms with Crippen molar-refractivity contribution in [3.63, 3.8) is 0 Å². The van der Waals surface area contributed by atoms with Crippen molar-refractivity contribution in [2.24, 2.45) is 0 Å². The molecule has 0 unspecified atom stereocenters. The average molecular weight is 776 g/mol. The lowest BCUT2D eigenvalue weighted by Crippen LogP contribution is -2.10. The first-order chi connectivity index (χ1) is 26.5. The van der Waals surface area contributed by atoms with Gasteiger partial charge in [0.15, 0.2) is 0 Å². The van der Waals surface area contributed by atoms with E-state index in [0.29, 0.717) is 0 Å². The Morgan fingerprint density at radius 3 is 1.49 bits per heavy atom. The molecule has 0 radical (unpaired) electrons. The zero-order chi connectivity index (χ0) is 37.8. The second kappa shape index (κ2) is 12.2. The highest BCUT2D eigenvalue weighted by molar-refractivity contribution is 9.10. The monoisotopic (exact) mass is 774 g/mol. The standard InChI is InChI=1S/C52H43BrN2/c1-51(2,3)37-21-24-43-40(30-37)41-31-38(52(4,5)6)22-25-44(41)54(43)47-28-36(32-14-8-7-9-15-32)29-48(50(47)53)55-45-23-20-33-16-12-13-19-39(33)49(45)42-26-34-17-10-11-18-35(34)27-46(42)55/h7-31H,1-6H3. The highest BCUT2D eigenvalue weighted by Gasteiger charge is 2.25. The van der Waals surface area contributed by atoms with E-state index in [9.17, 15) is 0 Å². The van der Waals surface area contributed by atoms with Gasteiger partial charge in [0, 0.05) is 21.5 Å². The largest absolute Gasteiger partial charge is 0.308 e. The molecule has 0 saturated carbocycles. The highest BCUT2D eigenvalue weighted by atomic mass is 79.9. The third-order valence-electron chi connectivity index (χ3n) is 11.6. The Morgan fingerprint density at radius 1 is 0.382 bits per heavy atom. The fourth-order valence-electron chi connectivity index (χ4n) is 8.66. The third-order valence-corrected chi connectivity index (χ3v) is 12.5. The first-order valence-electron chi connectivity index (χ1n) is 19.3. The summed E-state index contributed by atoms with van der Waals surface area (Å²) in [5, 5.41) is 10.1. The van der Waals surface area contributed by atoms with Gasteiger partial charge in [0.25, 0.3) is 0 Å². The smallest absolute Gasteiger partial charge is 0.0657 e. The number of nitrogens with zero attached hydrogens (tertiary/aromatic N) is 2. The molecule has 0 aliphatic carbocycles. The minimum absolute atomic E-state index is 0.0239. The van der Waals surface area contributed by atoms with Crippen molar-refractivity contribution in [1.29, 1.82) is 0 Å². The van der Waals surface area contributed by atoms with E-state index in [1.165, 1.54) is 81.8 Å². The summed E-state index contributed by atoms with van der Waals surface area (Å²) in [7, 11) is 0. The summed E-state index contributed by atoms with van der Waals surface area (Å²) >= 11 is 4.32. The molecule has 3 heteroatoms. The normalized spacial score (nSPS) is 12.6. The number of hydrogen-bond donors (Lipinski definition) is 0. The zero-order valence-corrected chi connectivity index (χ0v) is 33.8. The van der Waals surface area contributed by atoms with Gasteiger partial charge in [-0.25, -0.2) is 0 Å². The van der Waals surface area contributed by atoms with Gasteiger partial charge in [-0.2, -0.15) is 0 Å². The first-order valence-corrected chi connectivity index (χ1v) is 20.1. The number of hydrogen-bond acceptors (Lipinski definition) is 0. The minimum Gasteiger partial charge on any atom is -0.308 e. The van der Waals surface area contributed by atoms with E-state index in [-0.39, 0.29) is 10.8 Å². The van der Waals surface area contributed by atoms with Crippen LogP contribution in [0.2, 0.25) is 0 Å². The van der Waals surface area contributed by atoms with E-state index in [0.717, 1.165) is 21.4 Å². The Balaban J connectivity index is 1.37. The van der Waals surface area contributed by atoms with Gasteiger partial charge in [-0.05, 0) is 125 Å². The quantitative estimate of drug-likeness (QED) is 0.169. The fraction of sp³-hybridized carbons (Fsp3) is 0.154. The zero-order valence-electron chi connectivity index (χ0n) is 32.2. The van der Waals surface area contributed by atoms with Crippen molar-refractivity contribution in [3.8, 4) is 22.5 Å². The molecular weight excluding hydrogens is 732 g/mol. The molecular formula is C52H43BrN2. The number of fused-ring (bicyclic) bond motifs is 9. The molecule has 268 valence electrons. The van der Waals surface area contributed by atoms with Gasteiger partial charge in [-0.15, -0.1) is 0 Å². The van der Waals surface area contributed by atoms with Crippen LogP contribution in [0.4, 0.5) is 0 Å². The predicted octanol–water partition coefficient (Wildman–Crippen LogP) is 15.2. The van der Waals surface area contributed by atoms with Crippen LogP contribution in [0.5, 0.6) is 0 Å². The summed E-state index contributed by atoms with van der Waals surface area (Å²) in [5.74, 6) is 0. The van der Waals surface area contributed by atoms with Crippen molar-refractivity contribution >= 4 is 81.1 Å². The predicted molar refractivity (Wildman–Crippen MR) is 241 cm³/mol. The van der Waals surface area contributed by atoms with E-state index in [1.54, 1.807) is 0 Å². The van der Waals surface area contributed by atoms with Crippen LogP contribution in [-0.4, -0.2) is 9.13 Å². The van der Waals surface area contributed by atoms with Gasteiger partial charge in [-0.1, -0.05) is 139 Å². The fourth-order valence-corrected chi connectivity index (χ4v) is 9.25. The van der Waals surface area contributed by atoms with Gasteiger partial charge < -0.3 is 9.13 Å². The summed E-state index contributed by atoms with van der Waals surface area (Å²) in [6, 6.07) is 56.6. The van der Waals surface area contributed by atoms with Crippen LogP contribution in [0.15, 0.2) is 156 Å². The Hall–Kier alpha value is -5.64. The highest BCUT2D eigenvalue weighted by Crippen LogP contribution is 2.45. The minimum atomic E-state index is 0.0239. The molecule has 0 spiro atoms. The molecule has 2 aromatic heterocycles. The van der Waals surface area contributed by atoms with Crippen LogP contribution in [0.3, 0.4) is 0 Å². The molecule has 2 heterocycles. The Morgan fingerprint density at radius 2 is 0.891 bits per heavy atom. The van der Waals surface area contributed by atoms with E-state index in [4.69, 9.17) is 0 Å². The van der Waals surface area contributed by atoms with Crippen molar-refractivity contribution in [1.82, 2.24) is 9.13 Å². The van der Waals surface area contributed by atoms with Crippen molar-refractivity contribution in [2.45, 2.75) is 52.4 Å². The second-order valence-electron chi connectivity index (χ2n) is 17.2. The molecule has 0 aliphatic rings. The Kier molecular flexibility index (Phi) is 7.51. The number of halogens is 1.